The van der Waals surface area contributed by atoms with Gasteiger partial charge in [0.1, 0.15) is 12.1 Å². The molecule has 0 amide bonds. The van der Waals surface area contributed by atoms with E-state index in [1.807, 2.05) is 12.3 Å². The number of unbranched alkanes of at least 4 members (excludes halogenated alkanes) is 8. The fraction of sp³-hybridized carbons (Fsp3) is 0.583. The van der Waals surface area contributed by atoms with Crippen molar-refractivity contribution in [2.75, 3.05) is 6.61 Å². The molecule has 0 aliphatic carbocycles. The van der Waals surface area contributed by atoms with E-state index in [1.165, 1.54) is 63.4 Å². The molecule has 0 unspecified atom stereocenters. The third-order valence-corrected chi connectivity index (χ3v) is 4.99. The molecule has 0 N–H and O–H groups in total. The van der Waals surface area contributed by atoms with E-state index >= 15 is 0 Å². The predicted octanol–water partition coefficient (Wildman–Crippen LogP) is 7.01. The van der Waals surface area contributed by atoms with Crippen LogP contribution < -0.4 is 4.74 Å². The van der Waals surface area contributed by atoms with Crippen LogP contribution in [-0.2, 0) is 6.42 Å². The minimum atomic E-state index is 0.778. The van der Waals surface area contributed by atoms with E-state index in [0.717, 1.165) is 36.5 Å². The van der Waals surface area contributed by atoms with Crippen molar-refractivity contribution in [2.45, 2.75) is 84.5 Å². The maximum atomic E-state index is 6.14. The van der Waals surface area contributed by atoms with Crippen molar-refractivity contribution in [2.24, 2.45) is 0 Å². The van der Waals surface area contributed by atoms with Crippen LogP contribution in [0.1, 0.15) is 83.6 Å². The predicted molar refractivity (Wildman–Crippen MR) is 114 cm³/mol. The lowest BCUT2D eigenvalue weighted by Crippen LogP contribution is -2.01. The summed E-state index contributed by atoms with van der Waals surface area (Å²) in [5.41, 5.74) is 3.35. The smallest absolute Gasteiger partial charge is 0.128 e. The summed E-state index contributed by atoms with van der Waals surface area (Å²) in [4.78, 5) is 8.85. The van der Waals surface area contributed by atoms with Crippen LogP contribution in [0.5, 0.6) is 5.75 Å². The maximum absolute atomic E-state index is 6.14. The summed E-state index contributed by atoms with van der Waals surface area (Å²) >= 11 is 0. The molecule has 2 aromatic rings. The molecule has 0 saturated carbocycles. The first-order valence-corrected chi connectivity index (χ1v) is 10.9. The number of ether oxygens (including phenoxy) is 1. The van der Waals surface area contributed by atoms with Gasteiger partial charge in [0, 0.05) is 11.8 Å². The number of aryl methyl sites for hydroxylation is 1. The van der Waals surface area contributed by atoms with Crippen molar-refractivity contribution in [3.8, 4) is 17.0 Å². The molecule has 27 heavy (non-hydrogen) atoms. The van der Waals surface area contributed by atoms with Gasteiger partial charge in [-0.1, -0.05) is 77.3 Å². The SMILES string of the molecule is CCCCCCCCOc1ccccc1-c1ncncc1CCCCCC. The summed E-state index contributed by atoms with van der Waals surface area (Å²) in [7, 11) is 0. The average molecular weight is 369 g/mol. The number of rotatable bonds is 14. The molecule has 2 rings (SSSR count). The lowest BCUT2D eigenvalue weighted by molar-refractivity contribution is 0.305. The van der Waals surface area contributed by atoms with E-state index in [0.29, 0.717) is 0 Å². The molecule has 0 spiro atoms. The number of hydrogen-bond acceptors (Lipinski definition) is 3. The summed E-state index contributed by atoms with van der Waals surface area (Å²) in [6.07, 6.45) is 17.3. The minimum absolute atomic E-state index is 0.778. The average Bonchev–Trinajstić information content (AvgIpc) is 2.71. The Bertz CT molecular complexity index is 642. The first-order chi connectivity index (χ1) is 13.4. The highest BCUT2D eigenvalue weighted by molar-refractivity contribution is 5.69. The molecule has 1 aromatic heterocycles. The maximum Gasteiger partial charge on any atom is 0.128 e. The van der Waals surface area contributed by atoms with Gasteiger partial charge < -0.3 is 4.74 Å². The third kappa shape index (κ3) is 7.70. The van der Waals surface area contributed by atoms with Crippen LogP contribution in [0.3, 0.4) is 0 Å². The summed E-state index contributed by atoms with van der Waals surface area (Å²) < 4.78 is 6.14. The van der Waals surface area contributed by atoms with Gasteiger partial charge in [-0.05, 0) is 37.0 Å². The molecule has 3 heteroatoms. The van der Waals surface area contributed by atoms with Crippen LogP contribution in [0.2, 0.25) is 0 Å². The Morgan fingerprint density at radius 1 is 0.815 bits per heavy atom. The lowest BCUT2D eigenvalue weighted by Gasteiger charge is -2.13. The second-order valence-electron chi connectivity index (χ2n) is 7.32. The highest BCUT2D eigenvalue weighted by Crippen LogP contribution is 2.31. The second-order valence-corrected chi connectivity index (χ2v) is 7.32. The summed E-state index contributed by atoms with van der Waals surface area (Å²) in [6.45, 7) is 5.28. The van der Waals surface area contributed by atoms with Gasteiger partial charge in [0.25, 0.3) is 0 Å². The summed E-state index contributed by atoms with van der Waals surface area (Å²) in [5, 5.41) is 0. The van der Waals surface area contributed by atoms with Crippen molar-refractivity contribution in [3.63, 3.8) is 0 Å². The van der Waals surface area contributed by atoms with E-state index < -0.39 is 0 Å². The molecule has 0 bridgehead atoms. The Hall–Kier alpha value is -1.90. The molecule has 0 radical (unpaired) electrons. The van der Waals surface area contributed by atoms with Crippen LogP contribution >= 0.6 is 0 Å². The van der Waals surface area contributed by atoms with Gasteiger partial charge >= 0.3 is 0 Å². The molecule has 0 saturated heterocycles. The van der Waals surface area contributed by atoms with Gasteiger partial charge in [0.2, 0.25) is 0 Å². The van der Waals surface area contributed by atoms with Crippen LogP contribution in [0, 0.1) is 0 Å². The fourth-order valence-electron chi connectivity index (χ4n) is 3.38. The minimum Gasteiger partial charge on any atom is -0.493 e. The monoisotopic (exact) mass is 368 g/mol. The Labute approximate surface area is 165 Å². The van der Waals surface area contributed by atoms with Gasteiger partial charge in [-0.2, -0.15) is 0 Å². The molecular formula is C24H36N2O. The molecule has 1 heterocycles. The zero-order valence-corrected chi connectivity index (χ0v) is 17.3. The zero-order valence-electron chi connectivity index (χ0n) is 17.3. The zero-order chi connectivity index (χ0) is 19.2. The number of aromatic nitrogens is 2. The first-order valence-electron chi connectivity index (χ1n) is 10.9. The van der Waals surface area contributed by atoms with Gasteiger partial charge in [-0.25, -0.2) is 9.97 Å². The molecule has 148 valence electrons. The van der Waals surface area contributed by atoms with Crippen molar-refractivity contribution >= 4 is 0 Å². The van der Waals surface area contributed by atoms with E-state index in [1.54, 1.807) is 6.33 Å². The van der Waals surface area contributed by atoms with E-state index in [4.69, 9.17) is 4.74 Å². The molecule has 0 atom stereocenters. The van der Waals surface area contributed by atoms with Gasteiger partial charge in [-0.15, -0.1) is 0 Å². The van der Waals surface area contributed by atoms with Crippen LogP contribution in [-0.4, -0.2) is 16.6 Å². The molecule has 1 aromatic carbocycles. The number of nitrogens with zero attached hydrogens (tertiary/aromatic N) is 2. The quantitative estimate of drug-likeness (QED) is 0.336. The number of hydrogen-bond donors (Lipinski definition) is 0. The van der Waals surface area contributed by atoms with Crippen molar-refractivity contribution in [1.29, 1.82) is 0 Å². The third-order valence-electron chi connectivity index (χ3n) is 4.99. The molecule has 3 nitrogen and oxygen atoms in total. The van der Waals surface area contributed by atoms with Crippen LogP contribution in [0.15, 0.2) is 36.8 Å². The summed E-state index contributed by atoms with van der Waals surface area (Å²) in [5.74, 6) is 0.944. The number of para-hydroxylation sites is 1. The number of benzene rings is 1. The van der Waals surface area contributed by atoms with Gasteiger partial charge in [-0.3, -0.25) is 0 Å². The highest BCUT2D eigenvalue weighted by atomic mass is 16.5. The molecule has 0 aliphatic heterocycles. The van der Waals surface area contributed by atoms with E-state index in [9.17, 15) is 0 Å². The van der Waals surface area contributed by atoms with Crippen molar-refractivity contribution < 1.29 is 4.74 Å². The van der Waals surface area contributed by atoms with Crippen LogP contribution in [0.25, 0.3) is 11.3 Å². The first kappa shape index (κ1) is 21.4. The largest absolute Gasteiger partial charge is 0.493 e. The standard InChI is InChI=1S/C24H36N2O/c1-3-5-7-9-10-14-18-27-23-17-13-12-16-22(23)24-21(19-25-20-26-24)15-11-8-6-4-2/h12-13,16-17,19-20H,3-11,14-15,18H2,1-2H3. The Balaban J connectivity index is 1.96. The highest BCUT2D eigenvalue weighted by Gasteiger charge is 2.12. The van der Waals surface area contributed by atoms with E-state index in [2.05, 4.69) is 42.0 Å². The Morgan fingerprint density at radius 3 is 2.33 bits per heavy atom. The molecule has 0 fully saturated rings. The normalized spacial score (nSPS) is 10.9. The summed E-state index contributed by atoms with van der Waals surface area (Å²) in [6, 6.07) is 8.29. The molecular weight excluding hydrogens is 332 g/mol. The van der Waals surface area contributed by atoms with Crippen LogP contribution in [0.4, 0.5) is 0 Å². The van der Waals surface area contributed by atoms with Gasteiger partial charge in [0.15, 0.2) is 0 Å². The fourth-order valence-corrected chi connectivity index (χ4v) is 3.38. The van der Waals surface area contributed by atoms with Crippen molar-refractivity contribution in [3.05, 3.63) is 42.4 Å². The van der Waals surface area contributed by atoms with Gasteiger partial charge in [0.05, 0.1) is 12.3 Å². The molecule has 0 aliphatic rings. The second kappa shape index (κ2) is 13.3. The van der Waals surface area contributed by atoms with E-state index in [-0.39, 0.29) is 0 Å². The lowest BCUT2D eigenvalue weighted by atomic mass is 10.0. The topological polar surface area (TPSA) is 35.0 Å². The Kier molecular flexibility index (Phi) is 10.5. The Morgan fingerprint density at radius 2 is 1.52 bits per heavy atom. The van der Waals surface area contributed by atoms with Crippen molar-refractivity contribution in [1.82, 2.24) is 9.97 Å².